The molecule has 1 aliphatic carbocycles. The van der Waals surface area contributed by atoms with Gasteiger partial charge in [0.25, 0.3) is 0 Å². The third kappa shape index (κ3) is 6.60. The monoisotopic (exact) mass is 492 g/mol. The summed E-state index contributed by atoms with van der Waals surface area (Å²) in [6, 6.07) is 8.08. The molecule has 0 spiro atoms. The van der Waals surface area contributed by atoms with Crippen LogP contribution < -0.4 is 5.32 Å². The summed E-state index contributed by atoms with van der Waals surface area (Å²) in [5.41, 5.74) is 0.957. The third-order valence-corrected chi connectivity index (χ3v) is 6.68. The molecule has 3 rings (SSSR count). The molecular formula is C22H29BrN4O2S. The lowest BCUT2D eigenvalue weighted by Crippen LogP contribution is -2.43. The molecule has 0 saturated heterocycles. The smallest absolute Gasteiger partial charge is 0.227 e. The van der Waals surface area contributed by atoms with Crippen molar-refractivity contribution in [1.82, 2.24) is 15.1 Å². The number of benzene rings is 1. The van der Waals surface area contributed by atoms with E-state index in [2.05, 4.69) is 45.3 Å². The van der Waals surface area contributed by atoms with E-state index in [0.29, 0.717) is 24.0 Å². The van der Waals surface area contributed by atoms with Gasteiger partial charge in [-0.25, -0.2) is 0 Å². The third-order valence-electron chi connectivity index (χ3n) is 5.26. The van der Waals surface area contributed by atoms with Gasteiger partial charge in [0.15, 0.2) is 0 Å². The number of aromatic nitrogens is 2. The Morgan fingerprint density at radius 3 is 2.53 bits per heavy atom. The molecule has 0 atom stereocenters. The Kier molecular flexibility index (Phi) is 8.39. The van der Waals surface area contributed by atoms with Crippen molar-refractivity contribution in [2.45, 2.75) is 64.8 Å². The van der Waals surface area contributed by atoms with Crippen LogP contribution in [-0.2, 0) is 9.59 Å². The van der Waals surface area contributed by atoms with E-state index in [4.69, 9.17) is 0 Å². The lowest BCUT2D eigenvalue weighted by atomic mass is 9.93. The Hall–Kier alpha value is -1.80. The Morgan fingerprint density at radius 1 is 1.17 bits per heavy atom. The summed E-state index contributed by atoms with van der Waals surface area (Å²) in [6.07, 6.45) is 6.44. The maximum absolute atomic E-state index is 12.8. The molecule has 1 aromatic carbocycles. The van der Waals surface area contributed by atoms with Crippen molar-refractivity contribution in [1.29, 1.82) is 0 Å². The fraction of sp³-hybridized carbons (Fsp3) is 0.545. The molecule has 0 bridgehead atoms. The molecule has 2 amide bonds. The highest BCUT2D eigenvalue weighted by molar-refractivity contribution is 9.10. The number of nitrogens with one attached hydrogen (secondary N) is 1. The minimum absolute atomic E-state index is 0.133. The Morgan fingerprint density at radius 2 is 1.87 bits per heavy atom. The zero-order valence-electron chi connectivity index (χ0n) is 17.6. The highest BCUT2D eigenvalue weighted by atomic mass is 79.9. The van der Waals surface area contributed by atoms with Crippen molar-refractivity contribution in [3.8, 4) is 10.6 Å². The molecule has 0 aliphatic heterocycles. The fourth-order valence-corrected chi connectivity index (χ4v) is 4.79. The predicted molar refractivity (Wildman–Crippen MR) is 124 cm³/mol. The summed E-state index contributed by atoms with van der Waals surface area (Å²) in [6.45, 7) is 4.57. The zero-order valence-corrected chi connectivity index (χ0v) is 20.0. The van der Waals surface area contributed by atoms with Crippen LogP contribution in [0.4, 0.5) is 5.13 Å². The molecule has 2 aromatic rings. The highest BCUT2D eigenvalue weighted by Crippen LogP contribution is 2.28. The molecular weight excluding hydrogens is 464 g/mol. The van der Waals surface area contributed by atoms with Crippen molar-refractivity contribution >= 4 is 44.2 Å². The van der Waals surface area contributed by atoms with Gasteiger partial charge in [-0.1, -0.05) is 72.5 Å². The lowest BCUT2D eigenvalue weighted by Gasteiger charge is -2.35. The van der Waals surface area contributed by atoms with Gasteiger partial charge < -0.3 is 10.2 Å². The maximum Gasteiger partial charge on any atom is 0.227 e. The first-order valence-corrected chi connectivity index (χ1v) is 12.2. The molecule has 162 valence electrons. The van der Waals surface area contributed by atoms with Crippen molar-refractivity contribution in [2.24, 2.45) is 5.92 Å². The fourth-order valence-electron chi connectivity index (χ4n) is 3.76. The van der Waals surface area contributed by atoms with Crippen molar-refractivity contribution in [3.05, 3.63) is 28.7 Å². The number of anilines is 1. The van der Waals surface area contributed by atoms with Crippen molar-refractivity contribution in [3.63, 3.8) is 0 Å². The summed E-state index contributed by atoms with van der Waals surface area (Å²) >= 11 is 4.77. The number of hydrogen-bond acceptors (Lipinski definition) is 5. The number of hydrogen-bond donors (Lipinski definition) is 1. The Balaban J connectivity index is 1.57. The predicted octanol–water partition coefficient (Wildman–Crippen LogP) is 5.50. The number of rotatable bonds is 8. The van der Waals surface area contributed by atoms with Crippen LogP contribution in [0.1, 0.15) is 58.8 Å². The zero-order chi connectivity index (χ0) is 21.5. The van der Waals surface area contributed by atoms with E-state index in [1.54, 1.807) is 0 Å². The van der Waals surface area contributed by atoms with Crippen LogP contribution in [0.3, 0.4) is 0 Å². The maximum atomic E-state index is 12.8. The first-order valence-electron chi connectivity index (χ1n) is 10.6. The van der Waals surface area contributed by atoms with Crippen LogP contribution in [0.5, 0.6) is 0 Å². The first-order chi connectivity index (χ1) is 14.4. The Labute approximate surface area is 190 Å². The average molecular weight is 493 g/mol. The van der Waals surface area contributed by atoms with Crippen molar-refractivity contribution < 1.29 is 9.59 Å². The second-order valence-electron chi connectivity index (χ2n) is 8.19. The molecule has 1 saturated carbocycles. The number of nitrogens with zero attached hydrogens (tertiary/aromatic N) is 3. The lowest BCUT2D eigenvalue weighted by molar-refractivity contribution is -0.135. The van der Waals surface area contributed by atoms with E-state index in [1.807, 2.05) is 29.2 Å². The van der Waals surface area contributed by atoms with Crippen LogP contribution in [0.2, 0.25) is 0 Å². The number of carbonyl (C=O) groups is 2. The van der Waals surface area contributed by atoms with Gasteiger partial charge in [-0.3, -0.25) is 9.59 Å². The SMILES string of the molecule is CC(C)CC(=O)N(CCC(=O)Nc1nnc(-c2ccc(Br)cc2)s1)C1CCCCC1. The van der Waals surface area contributed by atoms with Gasteiger partial charge in [0, 0.05) is 35.5 Å². The molecule has 1 fully saturated rings. The van der Waals surface area contributed by atoms with Crippen molar-refractivity contribution in [2.75, 3.05) is 11.9 Å². The van der Waals surface area contributed by atoms with Gasteiger partial charge in [0.1, 0.15) is 5.01 Å². The summed E-state index contributed by atoms with van der Waals surface area (Å²) in [5.74, 6) is 0.348. The molecule has 0 radical (unpaired) electrons. The van der Waals surface area contributed by atoms with Crippen LogP contribution in [-0.4, -0.2) is 39.5 Å². The molecule has 1 aromatic heterocycles. The molecule has 8 heteroatoms. The minimum atomic E-state index is -0.133. The second kappa shape index (κ2) is 11.0. The van der Waals surface area contributed by atoms with Crippen LogP contribution in [0.25, 0.3) is 10.6 Å². The highest BCUT2D eigenvalue weighted by Gasteiger charge is 2.26. The molecule has 0 unspecified atom stereocenters. The molecule has 1 heterocycles. The van der Waals surface area contributed by atoms with E-state index in [9.17, 15) is 9.59 Å². The molecule has 30 heavy (non-hydrogen) atoms. The van der Waals surface area contributed by atoms with Gasteiger partial charge in [-0.2, -0.15) is 0 Å². The van der Waals surface area contributed by atoms with E-state index in [0.717, 1.165) is 40.7 Å². The van der Waals surface area contributed by atoms with Gasteiger partial charge in [0.05, 0.1) is 0 Å². The summed E-state index contributed by atoms with van der Waals surface area (Å²) in [5, 5.41) is 12.3. The number of carbonyl (C=O) groups excluding carboxylic acids is 2. The normalized spacial score (nSPS) is 14.7. The summed E-state index contributed by atoms with van der Waals surface area (Å²) in [4.78, 5) is 27.2. The van der Waals surface area contributed by atoms with Gasteiger partial charge in [-0.05, 0) is 30.9 Å². The van der Waals surface area contributed by atoms with Gasteiger partial charge in [0.2, 0.25) is 16.9 Å². The van der Waals surface area contributed by atoms with Gasteiger partial charge >= 0.3 is 0 Å². The standard InChI is InChI=1S/C22H29BrN4O2S/c1-15(2)14-20(29)27(18-6-4-3-5-7-18)13-12-19(28)24-22-26-25-21(30-22)16-8-10-17(23)11-9-16/h8-11,15,18H,3-7,12-14H2,1-2H3,(H,24,26,28). The molecule has 1 N–H and O–H groups in total. The van der Waals surface area contributed by atoms with Crippen LogP contribution in [0.15, 0.2) is 28.7 Å². The first kappa shape index (κ1) is 22.9. The van der Waals surface area contributed by atoms with E-state index < -0.39 is 0 Å². The largest absolute Gasteiger partial charge is 0.339 e. The second-order valence-corrected chi connectivity index (χ2v) is 10.1. The topological polar surface area (TPSA) is 75.2 Å². The molecule has 1 aliphatic rings. The molecule has 6 nitrogen and oxygen atoms in total. The summed E-state index contributed by atoms with van der Waals surface area (Å²) < 4.78 is 0.999. The number of amides is 2. The summed E-state index contributed by atoms with van der Waals surface area (Å²) in [7, 11) is 0. The van der Waals surface area contributed by atoms with Crippen LogP contribution in [0, 0.1) is 5.92 Å². The average Bonchev–Trinajstić information content (AvgIpc) is 3.17. The van der Waals surface area contributed by atoms with Gasteiger partial charge in [-0.15, -0.1) is 10.2 Å². The van der Waals surface area contributed by atoms with E-state index >= 15 is 0 Å². The minimum Gasteiger partial charge on any atom is -0.339 e. The quantitative estimate of drug-likeness (QED) is 0.527. The van der Waals surface area contributed by atoms with E-state index in [-0.39, 0.29) is 24.3 Å². The number of halogens is 1. The Bertz CT molecular complexity index is 847. The van der Waals surface area contributed by atoms with Crippen LogP contribution >= 0.6 is 27.3 Å². The van der Waals surface area contributed by atoms with E-state index in [1.165, 1.54) is 17.8 Å².